The molecule has 0 saturated carbocycles. The summed E-state index contributed by atoms with van der Waals surface area (Å²) in [6.07, 6.45) is 2.24. The van der Waals surface area contributed by atoms with Crippen LogP contribution in [0.15, 0.2) is 42.5 Å². The lowest BCUT2D eigenvalue weighted by atomic mass is 10.1. The Morgan fingerprint density at radius 3 is 2.30 bits per heavy atom. The Balaban J connectivity index is 1.96. The number of esters is 1. The molecule has 2 aromatic carbocycles. The number of hydrogen-bond donors (Lipinski definition) is 2. The van der Waals surface area contributed by atoms with Gasteiger partial charge in [0.05, 0.1) is 15.7 Å². The van der Waals surface area contributed by atoms with E-state index in [1.807, 2.05) is 6.26 Å². The monoisotopic (exact) mass is 488 g/mol. The summed E-state index contributed by atoms with van der Waals surface area (Å²) < 4.78 is 5.09. The van der Waals surface area contributed by atoms with Gasteiger partial charge in [-0.3, -0.25) is 9.59 Å². The van der Waals surface area contributed by atoms with Gasteiger partial charge in [-0.1, -0.05) is 53.0 Å². The maximum Gasteiger partial charge on any atom is 0.329 e. The van der Waals surface area contributed by atoms with Crippen LogP contribution in [0.3, 0.4) is 0 Å². The SMILES string of the molecule is CSCCC(NC(=O)c1ccccc1)C(=O)OCC(=O)Nc1c(Cl)cc(Cl)cc1Cl. The molecule has 0 heterocycles. The van der Waals surface area contributed by atoms with Gasteiger partial charge in [0.2, 0.25) is 0 Å². The number of anilines is 1. The molecule has 2 rings (SSSR count). The second kappa shape index (κ2) is 12.1. The van der Waals surface area contributed by atoms with Crippen molar-refractivity contribution in [1.29, 1.82) is 0 Å². The number of amides is 2. The van der Waals surface area contributed by atoms with Crippen LogP contribution in [0.5, 0.6) is 0 Å². The number of carbonyl (C=O) groups excluding carboxylic acids is 3. The lowest BCUT2D eigenvalue weighted by Crippen LogP contribution is -2.43. The van der Waals surface area contributed by atoms with E-state index in [0.29, 0.717) is 22.8 Å². The Labute approximate surface area is 193 Å². The highest BCUT2D eigenvalue weighted by Crippen LogP contribution is 2.33. The molecule has 6 nitrogen and oxygen atoms in total. The molecule has 30 heavy (non-hydrogen) atoms. The molecule has 0 bridgehead atoms. The van der Waals surface area contributed by atoms with E-state index in [2.05, 4.69) is 10.6 Å². The fourth-order valence-corrected chi connectivity index (χ4v) is 3.77. The molecule has 0 aromatic heterocycles. The van der Waals surface area contributed by atoms with Crippen LogP contribution in [-0.4, -0.2) is 42.4 Å². The lowest BCUT2D eigenvalue weighted by molar-refractivity contribution is -0.149. The molecular weight excluding hydrogens is 471 g/mol. The largest absolute Gasteiger partial charge is 0.454 e. The summed E-state index contributed by atoms with van der Waals surface area (Å²) in [6.45, 7) is -0.564. The van der Waals surface area contributed by atoms with E-state index in [-0.39, 0.29) is 15.7 Å². The number of thioether (sulfide) groups is 1. The standard InChI is InChI=1S/C20H19Cl3N2O4S/c1-30-8-7-16(24-19(27)12-5-3-2-4-6-12)20(28)29-11-17(26)25-18-14(22)9-13(21)10-15(18)23/h2-6,9-10,16H,7-8,11H2,1H3,(H,24,27)(H,25,26). The van der Waals surface area contributed by atoms with Crippen molar-refractivity contribution >= 4 is 70.0 Å². The van der Waals surface area contributed by atoms with Crippen LogP contribution in [0.1, 0.15) is 16.8 Å². The van der Waals surface area contributed by atoms with Crippen molar-refractivity contribution in [3.63, 3.8) is 0 Å². The molecule has 0 aliphatic heterocycles. The van der Waals surface area contributed by atoms with Crippen LogP contribution in [0.2, 0.25) is 15.1 Å². The third kappa shape index (κ3) is 7.40. The summed E-state index contributed by atoms with van der Waals surface area (Å²) in [4.78, 5) is 37.0. The Bertz CT molecular complexity index is 889. The smallest absolute Gasteiger partial charge is 0.329 e. The number of carbonyl (C=O) groups is 3. The zero-order valence-corrected chi connectivity index (χ0v) is 19.0. The summed E-state index contributed by atoms with van der Waals surface area (Å²) in [6, 6.07) is 10.5. The van der Waals surface area contributed by atoms with Gasteiger partial charge in [-0.15, -0.1) is 0 Å². The second-order valence-electron chi connectivity index (χ2n) is 6.07. The Hall–Kier alpha value is -1.93. The summed E-state index contributed by atoms with van der Waals surface area (Å²) in [5.41, 5.74) is 0.587. The first kappa shape index (κ1) is 24.3. The third-order valence-electron chi connectivity index (χ3n) is 3.85. The second-order valence-corrected chi connectivity index (χ2v) is 8.31. The molecule has 160 valence electrons. The van der Waals surface area contributed by atoms with Crippen molar-refractivity contribution in [2.45, 2.75) is 12.5 Å². The summed E-state index contributed by atoms with van der Waals surface area (Å²) in [5.74, 6) is -1.12. The van der Waals surface area contributed by atoms with Crippen molar-refractivity contribution < 1.29 is 19.1 Å². The minimum absolute atomic E-state index is 0.153. The van der Waals surface area contributed by atoms with E-state index in [0.717, 1.165) is 0 Å². The molecule has 0 fully saturated rings. The van der Waals surface area contributed by atoms with Crippen molar-refractivity contribution in [2.75, 3.05) is 23.9 Å². The zero-order chi connectivity index (χ0) is 22.1. The normalized spacial score (nSPS) is 11.5. The number of benzene rings is 2. The molecular formula is C20H19Cl3N2O4S. The molecule has 0 radical (unpaired) electrons. The van der Waals surface area contributed by atoms with Gasteiger partial charge in [0.25, 0.3) is 11.8 Å². The van der Waals surface area contributed by atoms with Crippen LogP contribution in [0.25, 0.3) is 0 Å². The number of ether oxygens (including phenoxy) is 1. The van der Waals surface area contributed by atoms with Crippen LogP contribution < -0.4 is 10.6 Å². The molecule has 10 heteroatoms. The average Bonchev–Trinajstić information content (AvgIpc) is 2.72. The van der Waals surface area contributed by atoms with E-state index in [1.54, 1.807) is 30.3 Å². The maximum atomic E-state index is 12.5. The highest BCUT2D eigenvalue weighted by atomic mass is 35.5. The molecule has 2 N–H and O–H groups in total. The Kier molecular flexibility index (Phi) is 9.78. The topological polar surface area (TPSA) is 84.5 Å². The number of rotatable bonds is 9. The highest BCUT2D eigenvalue weighted by Gasteiger charge is 2.23. The first-order chi connectivity index (χ1) is 14.3. The van der Waals surface area contributed by atoms with E-state index in [9.17, 15) is 14.4 Å². The van der Waals surface area contributed by atoms with Gasteiger partial charge in [0.1, 0.15) is 6.04 Å². The van der Waals surface area contributed by atoms with Gasteiger partial charge in [-0.05, 0) is 42.7 Å². The van der Waals surface area contributed by atoms with Crippen LogP contribution in [-0.2, 0) is 14.3 Å². The molecule has 0 aliphatic carbocycles. The lowest BCUT2D eigenvalue weighted by Gasteiger charge is -2.17. The van der Waals surface area contributed by atoms with Gasteiger partial charge in [-0.25, -0.2) is 4.79 Å². The van der Waals surface area contributed by atoms with Crippen molar-refractivity contribution in [1.82, 2.24) is 5.32 Å². The Morgan fingerprint density at radius 2 is 1.70 bits per heavy atom. The molecule has 0 saturated heterocycles. The van der Waals surface area contributed by atoms with E-state index in [1.165, 1.54) is 23.9 Å². The fraction of sp³-hybridized carbons (Fsp3) is 0.250. The first-order valence-electron chi connectivity index (χ1n) is 8.77. The zero-order valence-electron chi connectivity index (χ0n) is 15.9. The highest BCUT2D eigenvalue weighted by molar-refractivity contribution is 7.98. The van der Waals surface area contributed by atoms with Gasteiger partial charge < -0.3 is 15.4 Å². The molecule has 2 aromatic rings. The predicted molar refractivity (Wildman–Crippen MR) is 122 cm³/mol. The maximum absolute atomic E-state index is 12.5. The van der Waals surface area contributed by atoms with Gasteiger partial charge in [0, 0.05) is 10.6 Å². The minimum Gasteiger partial charge on any atom is -0.454 e. The summed E-state index contributed by atoms with van der Waals surface area (Å²) >= 11 is 19.4. The summed E-state index contributed by atoms with van der Waals surface area (Å²) in [7, 11) is 0. The number of hydrogen-bond acceptors (Lipinski definition) is 5. The molecule has 2 amide bonds. The van der Waals surface area contributed by atoms with Crippen LogP contribution >= 0.6 is 46.6 Å². The number of halogens is 3. The van der Waals surface area contributed by atoms with Gasteiger partial charge in [0.15, 0.2) is 6.61 Å². The molecule has 1 atom stereocenters. The third-order valence-corrected chi connectivity index (χ3v) is 5.31. The first-order valence-corrected chi connectivity index (χ1v) is 11.3. The average molecular weight is 490 g/mol. The van der Waals surface area contributed by atoms with E-state index in [4.69, 9.17) is 39.5 Å². The van der Waals surface area contributed by atoms with Crippen molar-refractivity contribution in [3.05, 3.63) is 63.1 Å². The summed E-state index contributed by atoms with van der Waals surface area (Å²) in [5, 5.41) is 5.76. The van der Waals surface area contributed by atoms with Crippen molar-refractivity contribution in [2.24, 2.45) is 0 Å². The predicted octanol–water partition coefficient (Wildman–Crippen LogP) is 4.68. The fourth-order valence-electron chi connectivity index (χ4n) is 2.39. The van der Waals surface area contributed by atoms with Gasteiger partial charge >= 0.3 is 5.97 Å². The van der Waals surface area contributed by atoms with Gasteiger partial charge in [-0.2, -0.15) is 11.8 Å². The van der Waals surface area contributed by atoms with Crippen LogP contribution in [0, 0.1) is 0 Å². The van der Waals surface area contributed by atoms with Crippen molar-refractivity contribution in [3.8, 4) is 0 Å². The van der Waals surface area contributed by atoms with Crippen LogP contribution in [0.4, 0.5) is 5.69 Å². The minimum atomic E-state index is -0.888. The number of nitrogens with one attached hydrogen (secondary N) is 2. The van der Waals surface area contributed by atoms with E-state index < -0.39 is 30.4 Å². The van der Waals surface area contributed by atoms with E-state index >= 15 is 0 Å². The molecule has 0 aliphatic rings. The molecule has 1 unspecified atom stereocenters. The molecule has 0 spiro atoms. The Morgan fingerprint density at radius 1 is 1.07 bits per heavy atom. The quantitative estimate of drug-likeness (QED) is 0.500.